The van der Waals surface area contributed by atoms with E-state index in [1.165, 1.54) is 6.33 Å². The Labute approximate surface area is 192 Å². The van der Waals surface area contributed by atoms with Crippen LogP contribution in [0, 0.1) is 0 Å². The minimum absolute atomic E-state index is 0.446. The van der Waals surface area contributed by atoms with E-state index in [2.05, 4.69) is 44.5 Å². The SMILES string of the molecule is COc1ccc(Cl)cc1Nc1ncnc(N(Cc2ccccc2)Cc2ccccc2)c1N. The Morgan fingerprint density at radius 3 is 2.12 bits per heavy atom. The number of nitrogens with one attached hydrogen (secondary N) is 1. The Hall–Kier alpha value is -3.77. The van der Waals surface area contributed by atoms with Crippen molar-refractivity contribution in [2.45, 2.75) is 13.1 Å². The molecule has 0 radical (unpaired) electrons. The molecule has 0 amide bonds. The Morgan fingerprint density at radius 2 is 1.53 bits per heavy atom. The predicted octanol–water partition coefficient (Wildman–Crippen LogP) is 5.67. The zero-order valence-electron chi connectivity index (χ0n) is 17.7. The van der Waals surface area contributed by atoms with Crippen LogP contribution in [-0.4, -0.2) is 17.1 Å². The molecule has 6 nitrogen and oxygen atoms in total. The lowest BCUT2D eigenvalue weighted by Crippen LogP contribution is -2.24. The molecule has 0 atom stereocenters. The van der Waals surface area contributed by atoms with Gasteiger partial charge >= 0.3 is 0 Å². The molecular weight excluding hydrogens is 422 g/mol. The van der Waals surface area contributed by atoms with E-state index in [1.54, 1.807) is 25.3 Å². The highest BCUT2D eigenvalue weighted by atomic mass is 35.5. The molecule has 0 spiro atoms. The summed E-state index contributed by atoms with van der Waals surface area (Å²) in [6.45, 7) is 1.30. The smallest absolute Gasteiger partial charge is 0.159 e. The van der Waals surface area contributed by atoms with Crippen LogP contribution in [0.4, 0.5) is 23.0 Å². The first-order valence-corrected chi connectivity index (χ1v) is 10.6. The number of benzene rings is 3. The molecule has 3 aromatic carbocycles. The molecule has 4 rings (SSSR count). The maximum atomic E-state index is 6.57. The van der Waals surface area contributed by atoms with Crippen molar-refractivity contribution in [3.05, 3.63) is 101 Å². The van der Waals surface area contributed by atoms with Gasteiger partial charge in [-0.2, -0.15) is 0 Å². The molecule has 0 aliphatic carbocycles. The van der Waals surface area contributed by atoms with Gasteiger partial charge in [0.2, 0.25) is 0 Å². The van der Waals surface area contributed by atoms with E-state index in [0.717, 1.165) is 11.1 Å². The highest BCUT2D eigenvalue weighted by Gasteiger charge is 2.17. The van der Waals surface area contributed by atoms with Crippen molar-refractivity contribution in [3.63, 3.8) is 0 Å². The molecule has 0 aliphatic rings. The fraction of sp³-hybridized carbons (Fsp3) is 0.120. The van der Waals surface area contributed by atoms with Crippen LogP contribution in [-0.2, 0) is 13.1 Å². The number of hydrogen-bond donors (Lipinski definition) is 2. The summed E-state index contributed by atoms with van der Waals surface area (Å²) < 4.78 is 5.43. The van der Waals surface area contributed by atoms with Crippen LogP contribution >= 0.6 is 11.6 Å². The van der Waals surface area contributed by atoms with Crippen molar-refractivity contribution in [2.24, 2.45) is 0 Å². The number of anilines is 4. The summed E-state index contributed by atoms with van der Waals surface area (Å²) >= 11 is 6.17. The maximum Gasteiger partial charge on any atom is 0.159 e. The quantitative estimate of drug-likeness (QED) is 0.364. The van der Waals surface area contributed by atoms with E-state index in [9.17, 15) is 0 Å². The van der Waals surface area contributed by atoms with Gasteiger partial charge in [0.15, 0.2) is 11.6 Å². The zero-order chi connectivity index (χ0) is 22.3. The van der Waals surface area contributed by atoms with Crippen LogP contribution in [0.5, 0.6) is 5.75 Å². The number of ether oxygens (including phenoxy) is 1. The lowest BCUT2D eigenvalue weighted by molar-refractivity contribution is 0.417. The average molecular weight is 446 g/mol. The lowest BCUT2D eigenvalue weighted by atomic mass is 10.1. The third kappa shape index (κ3) is 5.10. The molecule has 0 saturated carbocycles. The second kappa shape index (κ2) is 10.0. The average Bonchev–Trinajstić information content (AvgIpc) is 2.82. The van der Waals surface area contributed by atoms with Crippen LogP contribution in [0.2, 0.25) is 5.02 Å². The maximum absolute atomic E-state index is 6.57. The minimum atomic E-state index is 0.446. The molecule has 32 heavy (non-hydrogen) atoms. The van der Waals surface area contributed by atoms with E-state index >= 15 is 0 Å². The van der Waals surface area contributed by atoms with Gasteiger partial charge < -0.3 is 20.7 Å². The zero-order valence-corrected chi connectivity index (χ0v) is 18.5. The van der Waals surface area contributed by atoms with Gasteiger partial charge in [0.05, 0.1) is 12.8 Å². The lowest BCUT2D eigenvalue weighted by Gasteiger charge is -2.26. The molecule has 0 fully saturated rings. The number of nitrogens with zero attached hydrogens (tertiary/aromatic N) is 3. The van der Waals surface area contributed by atoms with Crippen LogP contribution in [0.3, 0.4) is 0 Å². The number of nitrogens with two attached hydrogens (primary N) is 1. The molecule has 0 unspecified atom stereocenters. The van der Waals surface area contributed by atoms with Crippen LogP contribution in [0.1, 0.15) is 11.1 Å². The fourth-order valence-corrected chi connectivity index (χ4v) is 3.63. The van der Waals surface area contributed by atoms with Crippen molar-refractivity contribution < 1.29 is 4.74 Å². The van der Waals surface area contributed by atoms with Crippen LogP contribution in [0.25, 0.3) is 0 Å². The summed E-state index contributed by atoms with van der Waals surface area (Å²) in [6, 6.07) is 25.8. The molecule has 1 heterocycles. The molecule has 4 aromatic rings. The molecule has 0 bridgehead atoms. The monoisotopic (exact) mass is 445 g/mol. The first kappa shape index (κ1) is 21.5. The first-order valence-electron chi connectivity index (χ1n) is 10.2. The summed E-state index contributed by atoms with van der Waals surface area (Å²) in [5.41, 5.74) is 10.0. The van der Waals surface area contributed by atoms with Crippen molar-refractivity contribution in [1.82, 2.24) is 9.97 Å². The summed E-state index contributed by atoms with van der Waals surface area (Å²) in [7, 11) is 1.60. The predicted molar refractivity (Wildman–Crippen MR) is 131 cm³/mol. The number of nitrogen functional groups attached to an aromatic ring is 1. The van der Waals surface area contributed by atoms with E-state index in [1.807, 2.05) is 36.4 Å². The number of hydrogen-bond acceptors (Lipinski definition) is 6. The number of halogens is 1. The molecule has 1 aromatic heterocycles. The van der Waals surface area contributed by atoms with Gasteiger partial charge in [-0.15, -0.1) is 0 Å². The molecular formula is C25H24ClN5O. The number of methoxy groups -OCH3 is 1. The van der Waals surface area contributed by atoms with Gasteiger partial charge in [0.25, 0.3) is 0 Å². The Bertz CT molecular complexity index is 1130. The van der Waals surface area contributed by atoms with Gasteiger partial charge in [0, 0.05) is 18.1 Å². The van der Waals surface area contributed by atoms with Crippen molar-refractivity contribution in [3.8, 4) is 5.75 Å². The number of aromatic nitrogens is 2. The highest BCUT2D eigenvalue weighted by Crippen LogP contribution is 2.34. The van der Waals surface area contributed by atoms with Crippen LogP contribution in [0.15, 0.2) is 85.2 Å². The van der Waals surface area contributed by atoms with Gasteiger partial charge in [0.1, 0.15) is 17.8 Å². The summed E-state index contributed by atoms with van der Waals surface area (Å²) in [5, 5.41) is 3.82. The standard InChI is InChI=1S/C25H24ClN5O/c1-32-22-13-12-20(26)14-21(22)30-24-23(27)25(29-17-28-24)31(15-18-8-4-2-5-9-18)16-19-10-6-3-7-11-19/h2-14,17H,15-16,27H2,1H3,(H,28,29,30). The van der Waals surface area contributed by atoms with Gasteiger partial charge in [-0.1, -0.05) is 72.3 Å². The third-order valence-corrected chi connectivity index (χ3v) is 5.24. The Kier molecular flexibility index (Phi) is 6.72. The summed E-state index contributed by atoms with van der Waals surface area (Å²) in [5.74, 6) is 1.78. The van der Waals surface area contributed by atoms with Crippen LogP contribution < -0.4 is 20.7 Å². The Morgan fingerprint density at radius 1 is 0.906 bits per heavy atom. The van der Waals surface area contributed by atoms with Gasteiger partial charge in [-0.05, 0) is 29.3 Å². The Balaban J connectivity index is 1.69. The summed E-state index contributed by atoms with van der Waals surface area (Å²) in [6.07, 6.45) is 1.51. The van der Waals surface area contributed by atoms with E-state index in [4.69, 9.17) is 22.1 Å². The van der Waals surface area contributed by atoms with E-state index < -0.39 is 0 Å². The minimum Gasteiger partial charge on any atom is -0.495 e. The van der Waals surface area contributed by atoms with Crippen molar-refractivity contribution in [2.75, 3.05) is 23.1 Å². The highest BCUT2D eigenvalue weighted by molar-refractivity contribution is 6.31. The molecule has 0 aliphatic heterocycles. The topological polar surface area (TPSA) is 76.3 Å². The molecule has 0 saturated heterocycles. The first-order chi connectivity index (χ1) is 15.6. The largest absolute Gasteiger partial charge is 0.495 e. The fourth-order valence-electron chi connectivity index (χ4n) is 3.46. The van der Waals surface area contributed by atoms with Gasteiger partial charge in [-0.3, -0.25) is 0 Å². The van der Waals surface area contributed by atoms with Gasteiger partial charge in [-0.25, -0.2) is 9.97 Å². The van der Waals surface area contributed by atoms with Crippen molar-refractivity contribution >= 4 is 34.6 Å². The second-order valence-corrected chi connectivity index (χ2v) is 7.69. The van der Waals surface area contributed by atoms with Crippen molar-refractivity contribution in [1.29, 1.82) is 0 Å². The normalized spacial score (nSPS) is 10.6. The van der Waals surface area contributed by atoms with E-state index in [-0.39, 0.29) is 0 Å². The molecule has 162 valence electrons. The summed E-state index contributed by atoms with van der Waals surface area (Å²) in [4.78, 5) is 11.0. The second-order valence-electron chi connectivity index (χ2n) is 7.26. The molecule has 3 N–H and O–H groups in total. The third-order valence-electron chi connectivity index (χ3n) is 5.01. The molecule has 7 heteroatoms. The van der Waals surface area contributed by atoms with E-state index in [0.29, 0.717) is 46.9 Å². The number of rotatable bonds is 8.